The molecule has 2 aliphatic rings. The smallest absolute Gasteiger partial charge is 0.240 e. The summed E-state index contributed by atoms with van der Waals surface area (Å²) in [6, 6.07) is 2.07. The van der Waals surface area contributed by atoms with Gasteiger partial charge in [0.25, 0.3) is 0 Å². The summed E-state index contributed by atoms with van der Waals surface area (Å²) in [7, 11) is 1.62. The molecule has 1 saturated carbocycles. The number of methoxy groups -OCH3 is 1. The molecule has 0 aromatic carbocycles. The summed E-state index contributed by atoms with van der Waals surface area (Å²) in [4.78, 5) is 11.7. The second-order valence-corrected chi connectivity index (χ2v) is 4.57. The molecule has 1 saturated heterocycles. The average molecular weight is 224 g/mol. The maximum atomic E-state index is 11.7. The number of amides is 1. The van der Waals surface area contributed by atoms with E-state index >= 15 is 0 Å². The topological polar surface area (TPSA) is 71.3 Å². The lowest BCUT2D eigenvalue weighted by atomic mass is 10.0. The van der Waals surface area contributed by atoms with Gasteiger partial charge in [0.2, 0.25) is 5.91 Å². The van der Waals surface area contributed by atoms with Crippen LogP contribution in [-0.2, 0) is 14.3 Å². The van der Waals surface area contributed by atoms with Crippen molar-refractivity contribution in [3.05, 3.63) is 0 Å². The quantitative estimate of drug-likeness (QED) is 0.741. The Kier molecular flexibility index (Phi) is 2.87. The summed E-state index contributed by atoms with van der Waals surface area (Å²) in [5.41, 5.74) is -1.16. The van der Waals surface area contributed by atoms with E-state index in [0.29, 0.717) is 32.6 Å². The minimum absolute atomic E-state index is 0.168. The van der Waals surface area contributed by atoms with Crippen LogP contribution in [0.1, 0.15) is 19.3 Å². The van der Waals surface area contributed by atoms with Gasteiger partial charge in [-0.2, -0.15) is 5.26 Å². The van der Waals surface area contributed by atoms with E-state index in [-0.39, 0.29) is 5.91 Å². The van der Waals surface area contributed by atoms with Gasteiger partial charge in [0, 0.05) is 26.7 Å². The first kappa shape index (κ1) is 11.4. The predicted molar refractivity (Wildman–Crippen MR) is 55.5 cm³/mol. The van der Waals surface area contributed by atoms with Crippen LogP contribution in [0.2, 0.25) is 0 Å². The van der Waals surface area contributed by atoms with Gasteiger partial charge >= 0.3 is 0 Å². The Balaban J connectivity index is 1.87. The van der Waals surface area contributed by atoms with Crippen LogP contribution in [0.4, 0.5) is 0 Å². The second kappa shape index (κ2) is 4.04. The van der Waals surface area contributed by atoms with Crippen molar-refractivity contribution in [3.63, 3.8) is 0 Å². The van der Waals surface area contributed by atoms with E-state index in [1.807, 2.05) is 0 Å². The van der Waals surface area contributed by atoms with Crippen LogP contribution in [0.5, 0.6) is 0 Å². The molecule has 1 heterocycles. The minimum atomic E-state index is -0.756. The molecule has 1 amide bonds. The van der Waals surface area contributed by atoms with Gasteiger partial charge in [-0.3, -0.25) is 4.79 Å². The molecule has 1 atom stereocenters. The highest BCUT2D eigenvalue weighted by atomic mass is 16.5. The van der Waals surface area contributed by atoms with Crippen molar-refractivity contribution in [2.24, 2.45) is 5.41 Å². The van der Waals surface area contributed by atoms with E-state index in [4.69, 9.17) is 14.7 Å². The zero-order chi connectivity index (χ0) is 11.6. The van der Waals surface area contributed by atoms with E-state index in [9.17, 15) is 4.79 Å². The lowest BCUT2D eigenvalue weighted by molar-refractivity contribution is -0.126. The van der Waals surface area contributed by atoms with Gasteiger partial charge in [0.1, 0.15) is 11.0 Å². The molecule has 2 fully saturated rings. The summed E-state index contributed by atoms with van der Waals surface area (Å²) in [6.07, 6.45) is 2.13. The van der Waals surface area contributed by atoms with E-state index < -0.39 is 11.0 Å². The zero-order valence-electron chi connectivity index (χ0n) is 9.41. The molecule has 16 heavy (non-hydrogen) atoms. The van der Waals surface area contributed by atoms with Gasteiger partial charge in [-0.15, -0.1) is 0 Å². The van der Waals surface area contributed by atoms with Crippen LogP contribution >= 0.6 is 0 Å². The number of hydrogen-bond donors (Lipinski definition) is 1. The van der Waals surface area contributed by atoms with Crippen molar-refractivity contribution in [2.75, 3.05) is 26.9 Å². The molecule has 1 unspecified atom stereocenters. The third kappa shape index (κ3) is 1.91. The average Bonchev–Trinajstić information content (AvgIpc) is 2.99. The molecular weight excluding hydrogens is 208 g/mol. The third-order valence-corrected chi connectivity index (χ3v) is 3.47. The highest BCUT2D eigenvalue weighted by Gasteiger charge is 2.51. The number of nitrogens with zero attached hydrogens (tertiary/aromatic N) is 1. The molecule has 0 bridgehead atoms. The molecule has 2 rings (SSSR count). The SMILES string of the molecule is COC1(CNC(=O)C2(C#N)CC2)CCOC1. The summed E-state index contributed by atoms with van der Waals surface area (Å²) < 4.78 is 10.7. The highest BCUT2D eigenvalue weighted by molar-refractivity contribution is 5.88. The number of hydrogen-bond acceptors (Lipinski definition) is 4. The Morgan fingerprint density at radius 3 is 2.75 bits per heavy atom. The molecule has 0 aromatic heterocycles. The van der Waals surface area contributed by atoms with Gasteiger partial charge in [0.15, 0.2) is 0 Å². The van der Waals surface area contributed by atoms with Crippen LogP contribution in [0.15, 0.2) is 0 Å². The monoisotopic (exact) mass is 224 g/mol. The maximum Gasteiger partial charge on any atom is 0.240 e. The molecule has 1 N–H and O–H groups in total. The Hall–Kier alpha value is -1.12. The summed E-state index contributed by atoms with van der Waals surface area (Å²) in [5, 5.41) is 11.7. The fraction of sp³-hybridized carbons (Fsp3) is 0.818. The van der Waals surface area contributed by atoms with Crippen molar-refractivity contribution < 1.29 is 14.3 Å². The standard InChI is InChI=1S/C11H16N2O3/c1-15-11(4-5-16-8-11)7-13-9(14)10(6-12)2-3-10/h2-5,7-8H2,1H3,(H,13,14). The number of ether oxygens (including phenoxy) is 2. The van der Waals surface area contributed by atoms with Crippen molar-refractivity contribution in [1.29, 1.82) is 5.26 Å². The number of nitrogens with one attached hydrogen (secondary N) is 1. The van der Waals surface area contributed by atoms with E-state index in [1.54, 1.807) is 7.11 Å². The Labute approximate surface area is 94.7 Å². The second-order valence-electron chi connectivity index (χ2n) is 4.57. The lowest BCUT2D eigenvalue weighted by Gasteiger charge is -2.26. The molecule has 0 spiro atoms. The largest absolute Gasteiger partial charge is 0.378 e. The highest BCUT2D eigenvalue weighted by Crippen LogP contribution is 2.45. The molecule has 1 aliphatic carbocycles. The molecule has 1 aliphatic heterocycles. The van der Waals surface area contributed by atoms with Crippen molar-refractivity contribution >= 4 is 5.91 Å². The summed E-state index contributed by atoms with van der Waals surface area (Å²) >= 11 is 0. The number of carbonyl (C=O) groups is 1. The Bertz CT molecular complexity index is 325. The van der Waals surface area contributed by atoms with E-state index in [2.05, 4.69) is 11.4 Å². The number of carbonyl (C=O) groups excluding carboxylic acids is 1. The predicted octanol–water partition coefficient (Wildman–Crippen LogP) is 0.212. The van der Waals surface area contributed by atoms with Gasteiger partial charge in [0.05, 0.1) is 12.7 Å². The van der Waals surface area contributed by atoms with Crippen LogP contribution in [-0.4, -0.2) is 38.4 Å². The number of nitriles is 1. The van der Waals surface area contributed by atoms with Gasteiger partial charge in [-0.1, -0.05) is 0 Å². The molecule has 0 radical (unpaired) electrons. The molecular formula is C11H16N2O3. The normalized spacial score (nSPS) is 30.8. The van der Waals surface area contributed by atoms with Crippen molar-refractivity contribution in [2.45, 2.75) is 24.9 Å². The van der Waals surface area contributed by atoms with Crippen molar-refractivity contribution in [3.8, 4) is 6.07 Å². The van der Waals surface area contributed by atoms with Gasteiger partial charge < -0.3 is 14.8 Å². The van der Waals surface area contributed by atoms with Crippen LogP contribution in [0.25, 0.3) is 0 Å². The Morgan fingerprint density at radius 1 is 1.56 bits per heavy atom. The summed E-state index contributed by atoms with van der Waals surface area (Å²) in [5.74, 6) is -0.168. The fourth-order valence-electron chi connectivity index (χ4n) is 1.89. The van der Waals surface area contributed by atoms with Crippen LogP contribution in [0.3, 0.4) is 0 Å². The van der Waals surface area contributed by atoms with Crippen LogP contribution in [0, 0.1) is 16.7 Å². The van der Waals surface area contributed by atoms with E-state index in [0.717, 1.165) is 6.42 Å². The van der Waals surface area contributed by atoms with Crippen molar-refractivity contribution in [1.82, 2.24) is 5.32 Å². The molecule has 5 nitrogen and oxygen atoms in total. The molecule has 5 heteroatoms. The first-order valence-electron chi connectivity index (χ1n) is 5.49. The Morgan fingerprint density at radius 2 is 2.31 bits per heavy atom. The van der Waals surface area contributed by atoms with Crippen LogP contribution < -0.4 is 5.32 Å². The molecule has 0 aromatic rings. The number of rotatable bonds is 4. The molecule has 88 valence electrons. The van der Waals surface area contributed by atoms with E-state index in [1.165, 1.54) is 0 Å². The lowest BCUT2D eigenvalue weighted by Crippen LogP contribution is -2.46. The van der Waals surface area contributed by atoms with Gasteiger partial charge in [-0.25, -0.2) is 0 Å². The first-order chi connectivity index (χ1) is 7.66. The zero-order valence-corrected chi connectivity index (χ0v) is 9.41. The fourth-order valence-corrected chi connectivity index (χ4v) is 1.89. The van der Waals surface area contributed by atoms with Gasteiger partial charge in [-0.05, 0) is 12.8 Å². The third-order valence-electron chi connectivity index (χ3n) is 3.47. The first-order valence-corrected chi connectivity index (χ1v) is 5.49. The summed E-state index contributed by atoms with van der Waals surface area (Å²) in [6.45, 7) is 1.59. The maximum absolute atomic E-state index is 11.7. The minimum Gasteiger partial charge on any atom is -0.378 e.